The van der Waals surface area contributed by atoms with Crippen LogP contribution in [0.3, 0.4) is 0 Å². The molecule has 2 rings (SSSR count). The maximum Gasteiger partial charge on any atom is 0.161 e. The van der Waals surface area contributed by atoms with Crippen LogP contribution in [0.5, 0.6) is 0 Å². The number of nitrogens with two attached hydrogens (primary N) is 1. The Bertz CT molecular complexity index is 555. The largest absolute Gasteiger partial charge is 0.383 e. The van der Waals surface area contributed by atoms with E-state index in [9.17, 15) is 0 Å². The molecule has 3 nitrogen and oxygen atoms in total. The number of benzene rings is 1. The van der Waals surface area contributed by atoms with Gasteiger partial charge in [0.1, 0.15) is 5.82 Å². The average molecular weight is 371 g/mol. The highest BCUT2D eigenvalue weighted by molar-refractivity contribution is 14.1. The Morgan fingerprint density at radius 3 is 2.44 bits per heavy atom. The van der Waals surface area contributed by atoms with E-state index < -0.39 is 0 Å². The molecule has 0 amide bonds. The number of aryl methyl sites for hydroxylation is 1. The van der Waals surface area contributed by atoms with Crippen LogP contribution in [-0.2, 0) is 6.42 Å². The van der Waals surface area contributed by atoms with E-state index in [0.717, 1.165) is 21.2 Å². The van der Waals surface area contributed by atoms with E-state index >= 15 is 0 Å². The number of thioether (sulfide) groups is 1. The quantitative estimate of drug-likeness (QED) is 0.662. The zero-order chi connectivity index (χ0) is 13.1. The van der Waals surface area contributed by atoms with Gasteiger partial charge in [0, 0.05) is 10.5 Å². The molecule has 0 saturated carbocycles. The first-order chi connectivity index (χ1) is 8.65. The van der Waals surface area contributed by atoms with E-state index in [1.165, 1.54) is 4.90 Å². The molecule has 0 bridgehead atoms. The number of hydrogen-bond acceptors (Lipinski definition) is 4. The molecule has 2 N–H and O–H groups in total. The first kappa shape index (κ1) is 13.6. The van der Waals surface area contributed by atoms with Gasteiger partial charge in [0.25, 0.3) is 0 Å². The molecule has 0 unspecified atom stereocenters. The molecule has 1 heterocycles. The van der Waals surface area contributed by atoms with Gasteiger partial charge in [0.05, 0.1) is 9.26 Å². The minimum Gasteiger partial charge on any atom is -0.383 e. The van der Waals surface area contributed by atoms with Crippen molar-refractivity contribution in [3.05, 3.63) is 33.5 Å². The van der Waals surface area contributed by atoms with Gasteiger partial charge in [-0.3, -0.25) is 0 Å². The van der Waals surface area contributed by atoms with Crippen LogP contribution in [0, 0.1) is 3.57 Å². The van der Waals surface area contributed by atoms with Crippen LogP contribution in [0.15, 0.2) is 29.2 Å². The van der Waals surface area contributed by atoms with E-state index in [-0.39, 0.29) is 0 Å². The second-order valence-electron chi connectivity index (χ2n) is 3.78. The maximum absolute atomic E-state index is 5.93. The normalized spacial score (nSPS) is 10.6. The van der Waals surface area contributed by atoms with Crippen molar-refractivity contribution in [3.63, 3.8) is 0 Å². The van der Waals surface area contributed by atoms with Crippen molar-refractivity contribution in [2.24, 2.45) is 0 Å². The van der Waals surface area contributed by atoms with Crippen molar-refractivity contribution in [1.29, 1.82) is 0 Å². The van der Waals surface area contributed by atoms with E-state index in [1.807, 2.05) is 12.1 Å². The third kappa shape index (κ3) is 2.77. The molecule has 0 saturated heterocycles. The third-order valence-corrected chi connectivity index (χ3v) is 4.55. The standard InChI is InChI=1S/C13H14IN3S/c1-3-10-11(14)12(15)17-13(16-10)8-4-6-9(18-2)7-5-8/h4-7H,3H2,1-2H3,(H2,15,16,17). The Morgan fingerprint density at radius 2 is 1.89 bits per heavy atom. The van der Waals surface area contributed by atoms with Gasteiger partial charge in [0.2, 0.25) is 0 Å². The number of anilines is 1. The highest BCUT2D eigenvalue weighted by Crippen LogP contribution is 2.24. The average Bonchev–Trinajstić information content (AvgIpc) is 2.42. The van der Waals surface area contributed by atoms with Crippen LogP contribution in [0.2, 0.25) is 0 Å². The van der Waals surface area contributed by atoms with Gasteiger partial charge < -0.3 is 5.73 Å². The molecule has 0 aliphatic heterocycles. The highest BCUT2D eigenvalue weighted by Gasteiger charge is 2.09. The molecule has 5 heteroatoms. The predicted octanol–water partition coefficient (Wildman–Crippen LogP) is 3.61. The SMILES string of the molecule is CCc1nc(-c2ccc(SC)cc2)nc(N)c1I. The highest BCUT2D eigenvalue weighted by atomic mass is 127. The fraction of sp³-hybridized carbons (Fsp3) is 0.231. The van der Waals surface area contributed by atoms with Crippen molar-refractivity contribution >= 4 is 40.2 Å². The van der Waals surface area contributed by atoms with Crippen molar-refractivity contribution in [2.45, 2.75) is 18.2 Å². The topological polar surface area (TPSA) is 51.8 Å². The lowest BCUT2D eigenvalue weighted by atomic mass is 10.2. The van der Waals surface area contributed by atoms with Gasteiger partial charge in [-0.15, -0.1) is 11.8 Å². The van der Waals surface area contributed by atoms with Crippen LogP contribution in [0.25, 0.3) is 11.4 Å². The summed E-state index contributed by atoms with van der Waals surface area (Å²) < 4.78 is 0.958. The van der Waals surface area contributed by atoms with E-state index in [0.29, 0.717) is 11.6 Å². The molecule has 1 aromatic carbocycles. The molecular weight excluding hydrogens is 357 g/mol. The lowest BCUT2D eigenvalue weighted by molar-refractivity contribution is 0.994. The van der Waals surface area contributed by atoms with Crippen molar-refractivity contribution in [2.75, 3.05) is 12.0 Å². The molecule has 1 aromatic heterocycles. The Morgan fingerprint density at radius 1 is 1.22 bits per heavy atom. The summed E-state index contributed by atoms with van der Waals surface area (Å²) in [6.07, 6.45) is 2.92. The van der Waals surface area contributed by atoms with Gasteiger partial charge in [-0.2, -0.15) is 0 Å². The summed E-state index contributed by atoms with van der Waals surface area (Å²) in [6, 6.07) is 8.21. The first-order valence-corrected chi connectivity index (χ1v) is 7.92. The molecule has 2 aromatic rings. The Labute approximate surface area is 125 Å². The number of aromatic nitrogens is 2. The van der Waals surface area contributed by atoms with Crippen molar-refractivity contribution in [3.8, 4) is 11.4 Å². The van der Waals surface area contributed by atoms with E-state index in [2.05, 4.69) is 57.9 Å². The second-order valence-corrected chi connectivity index (χ2v) is 5.73. The zero-order valence-corrected chi connectivity index (χ0v) is 13.2. The zero-order valence-electron chi connectivity index (χ0n) is 10.3. The van der Waals surface area contributed by atoms with Gasteiger partial charge in [-0.25, -0.2) is 9.97 Å². The van der Waals surface area contributed by atoms with E-state index in [4.69, 9.17) is 5.73 Å². The molecule has 0 fully saturated rings. The van der Waals surface area contributed by atoms with Crippen LogP contribution in [0.4, 0.5) is 5.82 Å². The summed E-state index contributed by atoms with van der Waals surface area (Å²) in [5, 5.41) is 0. The smallest absolute Gasteiger partial charge is 0.161 e. The molecular formula is C13H14IN3S. The first-order valence-electron chi connectivity index (χ1n) is 5.62. The van der Waals surface area contributed by atoms with Gasteiger partial charge in [-0.1, -0.05) is 19.1 Å². The molecule has 18 heavy (non-hydrogen) atoms. The number of rotatable bonds is 3. The summed E-state index contributed by atoms with van der Waals surface area (Å²) in [7, 11) is 0. The second kappa shape index (κ2) is 5.88. The van der Waals surface area contributed by atoms with Crippen molar-refractivity contribution in [1.82, 2.24) is 9.97 Å². The van der Waals surface area contributed by atoms with Crippen LogP contribution >= 0.6 is 34.4 Å². The Hall–Kier alpha value is -0.820. The molecule has 0 aliphatic rings. The summed E-state index contributed by atoms with van der Waals surface area (Å²) in [6.45, 7) is 2.07. The minimum absolute atomic E-state index is 0.561. The van der Waals surface area contributed by atoms with Crippen LogP contribution in [0.1, 0.15) is 12.6 Å². The molecule has 0 spiro atoms. The summed E-state index contributed by atoms with van der Waals surface area (Å²) in [5.41, 5.74) is 7.94. The monoisotopic (exact) mass is 371 g/mol. The molecule has 94 valence electrons. The third-order valence-electron chi connectivity index (χ3n) is 2.63. The molecule has 0 aliphatic carbocycles. The summed E-state index contributed by atoms with van der Waals surface area (Å²) in [5.74, 6) is 1.27. The number of nitrogen functional groups attached to an aromatic ring is 1. The Kier molecular flexibility index (Phi) is 4.45. The van der Waals surface area contributed by atoms with E-state index in [1.54, 1.807) is 11.8 Å². The lowest BCUT2D eigenvalue weighted by Crippen LogP contribution is -2.04. The van der Waals surface area contributed by atoms with Gasteiger partial charge in [0.15, 0.2) is 5.82 Å². The summed E-state index contributed by atoms with van der Waals surface area (Å²) in [4.78, 5) is 10.2. The van der Waals surface area contributed by atoms with Crippen molar-refractivity contribution < 1.29 is 0 Å². The lowest BCUT2D eigenvalue weighted by Gasteiger charge is -2.08. The van der Waals surface area contributed by atoms with Crippen LogP contribution < -0.4 is 5.73 Å². The number of hydrogen-bond donors (Lipinski definition) is 1. The molecule has 0 radical (unpaired) electrons. The fourth-order valence-corrected chi connectivity index (χ4v) is 2.65. The minimum atomic E-state index is 0.561. The number of nitrogens with zero attached hydrogens (tertiary/aromatic N) is 2. The maximum atomic E-state index is 5.93. The summed E-state index contributed by atoms with van der Waals surface area (Å²) >= 11 is 3.92. The Balaban J connectivity index is 2.46. The molecule has 0 atom stereocenters. The number of halogens is 1. The van der Waals surface area contributed by atoms with Crippen LogP contribution in [-0.4, -0.2) is 16.2 Å². The van der Waals surface area contributed by atoms with Gasteiger partial charge >= 0.3 is 0 Å². The predicted molar refractivity (Wildman–Crippen MR) is 85.8 cm³/mol. The fourth-order valence-electron chi connectivity index (χ4n) is 1.62. The van der Waals surface area contributed by atoms with Gasteiger partial charge in [-0.05, 0) is 47.4 Å².